The van der Waals surface area contributed by atoms with Crippen LogP contribution in [0.25, 0.3) is 5.69 Å². The smallest absolute Gasteiger partial charge is 0.320 e. The van der Waals surface area contributed by atoms with Crippen LogP contribution < -0.4 is 4.74 Å². The van der Waals surface area contributed by atoms with E-state index in [4.69, 9.17) is 21.7 Å². The molecule has 1 aromatic heterocycles. The number of carbonyl (C=O) groups excluding carboxylic acids is 1. The predicted octanol–water partition coefficient (Wildman–Crippen LogP) is 1.35. The van der Waals surface area contributed by atoms with Crippen LogP contribution in [0.5, 0.6) is 5.75 Å². The van der Waals surface area contributed by atoms with Gasteiger partial charge in [-0.1, -0.05) is 0 Å². The van der Waals surface area contributed by atoms with E-state index in [1.807, 2.05) is 24.3 Å². The van der Waals surface area contributed by atoms with E-state index in [0.717, 1.165) is 23.7 Å². The summed E-state index contributed by atoms with van der Waals surface area (Å²) in [6.07, 6.45) is 0. The van der Waals surface area contributed by atoms with Gasteiger partial charge in [-0.3, -0.25) is 9.69 Å². The zero-order valence-corrected chi connectivity index (χ0v) is 15.6. The van der Waals surface area contributed by atoms with Gasteiger partial charge in [0.2, 0.25) is 4.77 Å². The molecule has 0 unspecified atom stereocenters. The van der Waals surface area contributed by atoms with Crippen molar-refractivity contribution in [2.24, 2.45) is 0 Å². The molecule has 0 radical (unpaired) electrons. The molecule has 134 valence electrons. The van der Waals surface area contributed by atoms with Crippen molar-refractivity contribution in [1.82, 2.24) is 24.7 Å². The molecule has 0 amide bonds. The molecule has 2 heterocycles. The average Bonchev–Trinajstić information content (AvgIpc) is 3.02. The molecule has 1 atom stereocenters. The molecule has 0 bridgehead atoms. The fraction of sp³-hybridized carbons (Fsp3) is 0.467. The third-order valence-corrected chi connectivity index (χ3v) is 5.45. The van der Waals surface area contributed by atoms with Crippen LogP contribution in [0.1, 0.15) is 0 Å². The Labute approximate surface area is 154 Å². The monoisotopic (exact) mass is 381 g/mol. The number of rotatable bonds is 5. The van der Waals surface area contributed by atoms with Gasteiger partial charge in [0.15, 0.2) is 0 Å². The number of ether oxygens (including phenoxy) is 2. The molecular weight excluding hydrogens is 362 g/mol. The average molecular weight is 381 g/mol. The number of nitrogens with zero attached hydrogens (tertiary/aromatic N) is 5. The van der Waals surface area contributed by atoms with E-state index in [1.165, 1.54) is 7.11 Å². The van der Waals surface area contributed by atoms with Crippen molar-refractivity contribution in [3.05, 3.63) is 29.0 Å². The third-order valence-electron chi connectivity index (χ3n) is 3.91. The van der Waals surface area contributed by atoms with Crippen LogP contribution in [0.2, 0.25) is 0 Å². The summed E-state index contributed by atoms with van der Waals surface area (Å²) in [4.78, 5) is 13.9. The first-order valence-electron chi connectivity index (χ1n) is 7.71. The second kappa shape index (κ2) is 7.98. The fourth-order valence-electron chi connectivity index (χ4n) is 2.54. The van der Waals surface area contributed by atoms with Crippen molar-refractivity contribution in [1.29, 1.82) is 0 Å². The number of aromatic nitrogens is 4. The lowest BCUT2D eigenvalue weighted by molar-refractivity contribution is -0.140. The van der Waals surface area contributed by atoms with Gasteiger partial charge in [-0.05, 0) is 46.9 Å². The normalized spacial score (nSPS) is 18.1. The zero-order chi connectivity index (χ0) is 17.8. The summed E-state index contributed by atoms with van der Waals surface area (Å²) in [5, 5.41) is 8.11. The standard InChI is InChI=1S/C15H19N5O3S2/c1-22-12-5-3-11(4-6-12)20-15(24)19(16-17-20)10-18-7-8-25-13(9-18)14(21)23-2/h3-6,13H,7-10H2,1-2H3/t13-/m1/s1. The summed E-state index contributed by atoms with van der Waals surface area (Å²) in [7, 11) is 3.04. The molecule has 10 heteroatoms. The van der Waals surface area contributed by atoms with Crippen molar-refractivity contribution < 1.29 is 14.3 Å². The number of hydrogen-bond donors (Lipinski definition) is 0. The van der Waals surface area contributed by atoms with Gasteiger partial charge in [-0.25, -0.2) is 4.68 Å². The molecule has 3 rings (SSSR count). The van der Waals surface area contributed by atoms with Gasteiger partial charge in [0.25, 0.3) is 0 Å². The second-order valence-corrected chi connectivity index (χ2v) is 7.15. The Morgan fingerprint density at radius 3 is 2.76 bits per heavy atom. The van der Waals surface area contributed by atoms with Crippen molar-refractivity contribution in [3.63, 3.8) is 0 Å². The summed E-state index contributed by atoms with van der Waals surface area (Å²) in [5.41, 5.74) is 0.818. The van der Waals surface area contributed by atoms with E-state index in [2.05, 4.69) is 15.3 Å². The molecule has 0 N–H and O–H groups in total. The maximum atomic E-state index is 11.7. The zero-order valence-electron chi connectivity index (χ0n) is 14.0. The quantitative estimate of drug-likeness (QED) is 0.568. The van der Waals surface area contributed by atoms with Crippen LogP contribution >= 0.6 is 24.0 Å². The number of benzene rings is 1. The molecule has 25 heavy (non-hydrogen) atoms. The molecule has 0 spiro atoms. The fourth-order valence-corrected chi connectivity index (χ4v) is 3.98. The van der Waals surface area contributed by atoms with Gasteiger partial charge in [-0.2, -0.15) is 4.68 Å². The number of tetrazole rings is 1. The molecule has 8 nitrogen and oxygen atoms in total. The van der Waals surface area contributed by atoms with E-state index in [9.17, 15) is 4.79 Å². The van der Waals surface area contributed by atoms with E-state index < -0.39 is 0 Å². The molecular formula is C15H19N5O3S2. The van der Waals surface area contributed by atoms with Crippen LogP contribution in [-0.2, 0) is 16.2 Å². The maximum Gasteiger partial charge on any atom is 0.320 e. The molecule has 1 aliphatic rings. The summed E-state index contributed by atoms with van der Waals surface area (Å²) >= 11 is 7.10. The molecule has 1 saturated heterocycles. The first-order chi connectivity index (χ1) is 12.1. The van der Waals surface area contributed by atoms with Crippen molar-refractivity contribution in [3.8, 4) is 11.4 Å². The van der Waals surface area contributed by atoms with Crippen LogP contribution in [0.15, 0.2) is 24.3 Å². The van der Waals surface area contributed by atoms with Gasteiger partial charge in [-0.15, -0.1) is 11.8 Å². The van der Waals surface area contributed by atoms with Crippen molar-refractivity contribution in [2.45, 2.75) is 11.9 Å². The van der Waals surface area contributed by atoms with Crippen LogP contribution in [-0.4, -0.2) is 69.0 Å². The highest BCUT2D eigenvalue weighted by molar-refractivity contribution is 8.00. The molecule has 2 aromatic rings. The molecule has 0 aliphatic carbocycles. The lowest BCUT2D eigenvalue weighted by Crippen LogP contribution is -2.42. The van der Waals surface area contributed by atoms with Crippen LogP contribution in [0.4, 0.5) is 0 Å². The Kier molecular flexibility index (Phi) is 5.71. The van der Waals surface area contributed by atoms with Crippen molar-refractivity contribution >= 4 is 29.9 Å². The van der Waals surface area contributed by atoms with Crippen LogP contribution in [0.3, 0.4) is 0 Å². The van der Waals surface area contributed by atoms with Crippen molar-refractivity contribution in [2.75, 3.05) is 33.1 Å². The topological polar surface area (TPSA) is 74.4 Å². The number of thioether (sulfide) groups is 1. The first kappa shape index (κ1) is 17.9. The van der Waals surface area contributed by atoms with Gasteiger partial charge >= 0.3 is 5.97 Å². The number of esters is 1. The SMILES string of the molecule is COC(=O)[C@H]1CN(Cn2nnn(-c3ccc(OC)cc3)c2=S)CCS1. The molecule has 0 saturated carbocycles. The Hall–Kier alpha value is -1.91. The Bertz CT molecular complexity index is 789. The van der Waals surface area contributed by atoms with Gasteiger partial charge < -0.3 is 9.47 Å². The Morgan fingerprint density at radius 1 is 1.32 bits per heavy atom. The highest BCUT2D eigenvalue weighted by Gasteiger charge is 2.27. The first-order valence-corrected chi connectivity index (χ1v) is 9.17. The highest BCUT2D eigenvalue weighted by Crippen LogP contribution is 2.20. The van der Waals surface area contributed by atoms with E-state index in [0.29, 0.717) is 18.0 Å². The summed E-state index contributed by atoms with van der Waals surface area (Å²) in [6.45, 7) is 1.95. The number of methoxy groups -OCH3 is 2. The predicted molar refractivity (Wildman–Crippen MR) is 96.6 cm³/mol. The Balaban J connectivity index is 1.72. The molecule has 1 aliphatic heterocycles. The maximum absolute atomic E-state index is 11.7. The van der Waals surface area contributed by atoms with E-state index in [1.54, 1.807) is 28.2 Å². The lowest BCUT2D eigenvalue weighted by atomic mass is 10.3. The minimum Gasteiger partial charge on any atom is -0.497 e. The van der Waals surface area contributed by atoms with E-state index in [-0.39, 0.29) is 11.2 Å². The number of hydrogen-bond acceptors (Lipinski definition) is 8. The molecule has 1 fully saturated rings. The minimum absolute atomic E-state index is 0.176. The lowest BCUT2D eigenvalue weighted by Gasteiger charge is -2.30. The van der Waals surface area contributed by atoms with Crippen LogP contribution in [0, 0.1) is 4.77 Å². The third kappa shape index (κ3) is 4.02. The highest BCUT2D eigenvalue weighted by atomic mass is 32.2. The second-order valence-electron chi connectivity index (χ2n) is 5.47. The summed E-state index contributed by atoms with van der Waals surface area (Å²) in [6, 6.07) is 7.44. The minimum atomic E-state index is -0.194. The summed E-state index contributed by atoms with van der Waals surface area (Å²) in [5.74, 6) is 1.43. The molecule has 1 aromatic carbocycles. The largest absolute Gasteiger partial charge is 0.497 e. The van der Waals surface area contributed by atoms with Gasteiger partial charge in [0.05, 0.1) is 26.6 Å². The van der Waals surface area contributed by atoms with Gasteiger partial charge in [0, 0.05) is 18.8 Å². The van der Waals surface area contributed by atoms with Gasteiger partial charge in [0.1, 0.15) is 11.0 Å². The number of carbonyl (C=O) groups is 1. The Morgan fingerprint density at radius 2 is 2.08 bits per heavy atom. The summed E-state index contributed by atoms with van der Waals surface area (Å²) < 4.78 is 13.8. The van der Waals surface area contributed by atoms with E-state index >= 15 is 0 Å².